The van der Waals surface area contributed by atoms with Crippen LogP contribution in [0.2, 0.25) is 0 Å². The molecule has 1 aliphatic carbocycles. The summed E-state index contributed by atoms with van der Waals surface area (Å²) in [4.78, 5) is 4.35. The maximum absolute atomic E-state index is 5.43. The minimum absolute atomic E-state index is 0.555. The first-order chi connectivity index (χ1) is 7.36. The van der Waals surface area contributed by atoms with Crippen molar-refractivity contribution in [1.82, 2.24) is 10.7 Å². The van der Waals surface area contributed by atoms with Crippen LogP contribution in [-0.2, 0) is 0 Å². The van der Waals surface area contributed by atoms with E-state index in [-0.39, 0.29) is 0 Å². The van der Waals surface area contributed by atoms with Crippen LogP contribution in [0.4, 0.5) is 0 Å². The molecule has 0 unspecified atom stereocenters. The monoisotopic (exact) mass is 212 g/mol. The van der Waals surface area contributed by atoms with Gasteiger partial charge >= 0.3 is 0 Å². The predicted octanol–water partition coefficient (Wildman–Crippen LogP) is 1.53. The maximum Gasteiger partial charge on any atom is 0.205 e. The highest BCUT2D eigenvalue weighted by Gasteiger charge is 2.12. The highest BCUT2D eigenvalue weighted by molar-refractivity contribution is 5.79. The summed E-state index contributed by atoms with van der Waals surface area (Å²) in [6, 6.07) is 0.555. The van der Waals surface area contributed by atoms with E-state index in [0.29, 0.717) is 6.04 Å². The molecule has 0 saturated heterocycles. The summed E-state index contributed by atoms with van der Waals surface area (Å²) < 4.78 is 0. The highest BCUT2D eigenvalue weighted by Crippen LogP contribution is 2.16. The second-order valence-corrected chi connectivity index (χ2v) is 4.21. The lowest BCUT2D eigenvalue weighted by Crippen LogP contribution is -2.46. The molecule has 0 aromatic carbocycles. The zero-order valence-corrected chi connectivity index (χ0v) is 9.76. The van der Waals surface area contributed by atoms with E-state index in [9.17, 15) is 0 Å². The first kappa shape index (κ1) is 12.3. The first-order valence-electron chi connectivity index (χ1n) is 6.14. The largest absolute Gasteiger partial charge is 0.353 e. The van der Waals surface area contributed by atoms with Crippen molar-refractivity contribution in [3.05, 3.63) is 0 Å². The number of nitrogens with zero attached hydrogens (tertiary/aromatic N) is 1. The fourth-order valence-corrected chi connectivity index (χ4v) is 1.97. The van der Waals surface area contributed by atoms with E-state index < -0.39 is 0 Å². The zero-order chi connectivity index (χ0) is 10.9. The average molecular weight is 212 g/mol. The summed E-state index contributed by atoms with van der Waals surface area (Å²) in [5.41, 5.74) is 2.64. The Kier molecular flexibility index (Phi) is 6.16. The van der Waals surface area contributed by atoms with E-state index >= 15 is 0 Å². The number of hydrazine groups is 1. The minimum atomic E-state index is 0.555. The fourth-order valence-electron chi connectivity index (χ4n) is 1.97. The zero-order valence-electron chi connectivity index (χ0n) is 9.76. The van der Waals surface area contributed by atoms with Gasteiger partial charge in [-0.2, -0.15) is 0 Å². The van der Waals surface area contributed by atoms with Gasteiger partial charge < -0.3 is 5.32 Å². The van der Waals surface area contributed by atoms with Crippen LogP contribution < -0.4 is 16.6 Å². The quantitative estimate of drug-likeness (QED) is 0.218. The molecule has 0 aromatic rings. The van der Waals surface area contributed by atoms with Crippen LogP contribution in [0.1, 0.15) is 51.9 Å². The smallest absolute Gasteiger partial charge is 0.205 e. The Hall–Kier alpha value is -0.770. The van der Waals surface area contributed by atoms with E-state index in [0.717, 1.165) is 18.9 Å². The Labute approximate surface area is 92.7 Å². The molecule has 15 heavy (non-hydrogen) atoms. The molecule has 0 aromatic heterocycles. The Morgan fingerprint density at radius 1 is 1.27 bits per heavy atom. The molecule has 88 valence electrons. The number of hydrogen-bond donors (Lipinski definition) is 3. The molecule has 0 spiro atoms. The number of nitrogens with one attached hydrogen (secondary N) is 2. The molecular formula is C11H24N4. The van der Waals surface area contributed by atoms with Gasteiger partial charge in [-0.05, 0) is 19.3 Å². The third-order valence-electron chi connectivity index (χ3n) is 2.83. The van der Waals surface area contributed by atoms with Crippen LogP contribution in [0.15, 0.2) is 4.99 Å². The topological polar surface area (TPSA) is 62.4 Å². The van der Waals surface area contributed by atoms with Crippen LogP contribution >= 0.6 is 0 Å². The molecule has 1 rings (SSSR count). The van der Waals surface area contributed by atoms with Crippen molar-refractivity contribution < 1.29 is 0 Å². The van der Waals surface area contributed by atoms with Crippen molar-refractivity contribution in [2.45, 2.75) is 57.9 Å². The van der Waals surface area contributed by atoms with Crippen LogP contribution in [0.25, 0.3) is 0 Å². The van der Waals surface area contributed by atoms with Crippen molar-refractivity contribution in [1.29, 1.82) is 0 Å². The number of aliphatic imine (C=N–C) groups is 1. The van der Waals surface area contributed by atoms with Gasteiger partial charge in [0.25, 0.3) is 0 Å². The molecule has 0 atom stereocenters. The summed E-state index contributed by atoms with van der Waals surface area (Å²) in [5, 5.41) is 3.39. The van der Waals surface area contributed by atoms with E-state index in [1.54, 1.807) is 0 Å². The molecule has 0 bridgehead atoms. The average Bonchev–Trinajstić information content (AvgIpc) is 2.52. The third-order valence-corrected chi connectivity index (χ3v) is 2.83. The second kappa shape index (κ2) is 7.51. The van der Waals surface area contributed by atoms with Gasteiger partial charge in [0.15, 0.2) is 0 Å². The molecular weight excluding hydrogens is 188 g/mol. The lowest BCUT2D eigenvalue weighted by molar-refractivity contribution is 0.524. The Morgan fingerprint density at radius 2 is 1.93 bits per heavy atom. The minimum Gasteiger partial charge on any atom is -0.353 e. The van der Waals surface area contributed by atoms with Gasteiger partial charge in [0.1, 0.15) is 0 Å². The van der Waals surface area contributed by atoms with Gasteiger partial charge in [-0.3, -0.25) is 10.4 Å². The molecule has 1 aliphatic rings. The Morgan fingerprint density at radius 3 is 2.47 bits per heavy atom. The first-order valence-corrected chi connectivity index (χ1v) is 6.14. The summed E-state index contributed by atoms with van der Waals surface area (Å²) in [5.74, 6) is 6.18. The van der Waals surface area contributed by atoms with Crippen molar-refractivity contribution in [3.63, 3.8) is 0 Å². The Balaban J connectivity index is 2.35. The van der Waals surface area contributed by atoms with E-state index in [1.807, 2.05) is 0 Å². The van der Waals surface area contributed by atoms with Crippen LogP contribution in [0.5, 0.6) is 0 Å². The maximum atomic E-state index is 5.43. The van der Waals surface area contributed by atoms with E-state index in [2.05, 4.69) is 22.7 Å². The molecule has 1 fully saturated rings. The van der Waals surface area contributed by atoms with Crippen molar-refractivity contribution >= 4 is 5.96 Å². The number of nitrogens with two attached hydrogens (primary N) is 1. The summed E-state index contributed by atoms with van der Waals surface area (Å²) in [7, 11) is 0. The van der Waals surface area contributed by atoms with E-state index in [1.165, 1.54) is 38.5 Å². The lowest BCUT2D eigenvalue weighted by atomic mass is 10.1. The number of guanidine groups is 1. The van der Waals surface area contributed by atoms with Gasteiger partial charge in [-0.25, -0.2) is 5.84 Å². The fraction of sp³-hybridized carbons (Fsp3) is 0.909. The van der Waals surface area contributed by atoms with Crippen molar-refractivity contribution in [3.8, 4) is 0 Å². The number of hydrogen-bond acceptors (Lipinski definition) is 2. The van der Waals surface area contributed by atoms with Gasteiger partial charge in [-0.1, -0.05) is 32.6 Å². The molecule has 0 radical (unpaired) electrons. The number of rotatable bonds is 3. The molecule has 4 N–H and O–H groups in total. The van der Waals surface area contributed by atoms with Crippen LogP contribution in [0, 0.1) is 0 Å². The second-order valence-electron chi connectivity index (χ2n) is 4.21. The Bertz CT molecular complexity index is 183. The molecule has 0 aliphatic heterocycles. The van der Waals surface area contributed by atoms with E-state index in [4.69, 9.17) is 5.84 Å². The summed E-state index contributed by atoms with van der Waals surface area (Å²) >= 11 is 0. The summed E-state index contributed by atoms with van der Waals surface area (Å²) in [6.45, 7) is 2.95. The normalized spacial score (nSPS) is 19.7. The van der Waals surface area contributed by atoms with Crippen LogP contribution in [-0.4, -0.2) is 18.5 Å². The lowest BCUT2D eigenvalue weighted by Gasteiger charge is -2.18. The van der Waals surface area contributed by atoms with Crippen LogP contribution in [0.3, 0.4) is 0 Å². The van der Waals surface area contributed by atoms with Gasteiger partial charge in [0.05, 0.1) is 0 Å². The third kappa shape index (κ3) is 5.02. The molecule has 4 heteroatoms. The molecule has 0 amide bonds. The SMILES string of the molecule is CCCN=C(NN)NC1CCCCCC1. The van der Waals surface area contributed by atoms with Gasteiger partial charge in [-0.15, -0.1) is 0 Å². The summed E-state index contributed by atoms with van der Waals surface area (Å²) in [6.07, 6.45) is 8.93. The van der Waals surface area contributed by atoms with Crippen molar-refractivity contribution in [2.75, 3.05) is 6.54 Å². The molecule has 4 nitrogen and oxygen atoms in total. The van der Waals surface area contributed by atoms with Crippen molar-refractivity contribution in [2.24, 2.45) is 10.8 Å². The van der Waals surface area contributed by atoms with Gasteiger partial charge in [0.2, 0.25) is 5.96 Å². The highest BCUT2D eigenvalue weighted by atomic mass is 15.3. The standard InChI is InChI=1S/C11H24N4/c1-2-9-13-11(15-12)14-10-7-5-3-4-6-8-10/h10H,2-9,12H2,1H3,(H2,13,14,15). The molecule has 1 saturated carbocycles. The predicted molar refractivity (Wildman–Crippen MR) is 64.5 cm³/mol. The van der Waals surface area contributed by atoms with Gasteiger partial charge in [0, 0.05) is 12.6 Å². The molecule has 0 heterocycles.